The highest BCUT2D eigenvalue weighted by Crippen LogP contribution is 2.17. The summed E-state index contributed by atoms with van der Waals surface area (Å²) in [5, 5.41) is 13.9. The fourth-order valence-corrected chi connectivity index (χ4v) is 1.62. The van der Waals surface area contributed by atoms with Gasteiger partial charge in [-0.25, -0.2) is 9.59 Å². The van der Waals surface area contributed by atoms with E-state index in [1.54, 1.807) is 36.4 Å². The van der Waals surface area contributed by atoms with E-state index in [0.717, 1.165) is 0 Å². The number of hydrogen-bond donors (Lipinski definition) is 3. The van der Waals surface area contributed by atoms with Gasteiger partial charge in [0.05, 0.1) is 0 Å². The van der Waals surface area contributed by atoms with Gasteiger partial charge < -0.3 is 20.5 Å². The molecule has 2 rings (SSSR count). The number of para-hydroxylation sites is 1. The molecule has 0 aliphatic heterocycles. The van der Waals surface area contributed by atoms with Crippen molar-refractivity contribution < 1.29 is 19.4 Å². The smallest absolute Gasteiger partial charge is 0.341 e. The van der Waals surface area contributed by atoms with Gasteiger partial charge in [-0.2, -0.15) is 0 Å². The Hall–Kier alpha value is -3.02. The molecule has 2 aromatic rings. The molecule has 3 N–H and O–H groups in total. The van der Waals surface area contributed by atoms with E-state index >= 15 is 0 Å². The van der Waals surface area contributed by atoms with Crippen LogP contribution in [-0.4, -0.2) is 23.7 Å². The van der Waals surface area contributed by atoms with Crippen LogP contribution in [0.25, 0.3) is 0 Å². The minimum Gasteiger partial charge on any atom is -0.482 e. The molecule has 0 spiro atoms. The Bertz CT molecular complexity index is 629. The van der Waals surface area contributed by atoms with Crippen LogP contribution in [0.4, 0.5) is 16.2 Å². The van der Waals surface area contributed by atoms with E-state index in [1.165, 1.54) is 0 Å². The molecule has 2 amide bonds. The first-order chi connectivity index (χ1) is 10.1. The molecule has 0 bridgehead atoms. The zero-order valence-corrected chi connectivity index (χ0v) is 11.1. The Balaban J connectivity index is 1.94. The third-order valence-electron chi connectivity index (χ3n) is 2.49. The standard InChI is InChI=1S/C15H14N2O4/c18-14(19)10-21-13-8-4-7-12(9-13)17-15(20)16-11-5-2-1-3-6-11/h1-9H,10H2,(H,18,19)(H2,16,17,20). The highest BCUT2D eigenvalue weighted by Gasteiger charge is 2.04. The van der Waals surface area contributed by atoms with Crippen LogP contribution in [0.5, 0.6) is 5.75 Å². The number of carboxylic acid groups (broad SMARTS) is 1. The summed E-state index contributed by atoms with van der Waals surface area (Å²) in [6.07, 6.45) is 0. The summed E-state index contributed by atoms with van der Waals surface area (Å²) in [5.41, 5.74) is 1.18. The Kier molecular flexibility index (Phi) is 4.76. The maximum Gasteiger partial charge on any atom is 0.341 e. The first-order valence-electron chi connectivity index (χ1n) is 6.21. The van der Waals surface area contributed by atoms with Crippen molar-refractivity contribution in [2.75, 3.05) is 17.2 Å². The molecule has 0 saturated carbocycles. The average molecular weight is 286 g/mol. The number of rotatable bonds is 5. The van der Waals surface area contributed by atoms with E-state index in [9.17, 15) is 9.59 Å². The number of amides is 2. The van der Waals surface area contributed by atoms with Gasteiger partial charge in [0.25, 0.3) is 0 Å². The number of benzene rings is 2. The second kappa shape index (κ2) is 6.95. The van der Waals surface area contributed by atoms with Gasteiger partial charge in [-0.1, -0.05) is 24.3 Å². The maximum atomic E-state index is 11.8. The molecule has 0 aromatic heterocycles. The highest BCUT2D eigenvalue weighted by molar-refractivity contribution is 5.99. The summed E-state index contributed by atoms with van der Waals surface area (Å²) in [6, 6.07) is 15.1. The fourth-order valence-electron chi connectivity index (χ4n) is 1.62. The third kappa shape index (κ3) is 4.87. The number of nitrogens with one attached hydrogen (secondary N) is 2. The normalized spacial score (nSPS) is 9.71. The molecule has 108 valence electrons. The van der Waals surface area contributed by atoms with Gasteiger partial charge in [-0.3, -0.25) is 0 Å². The summed E-state index contributed by atoms with van der Waals surface area (Å²) in [7, 11) is 0. The van der Waals surface area contributed by atoms with Crippen LogP contribution in [0.2, 0.25) is 0 Å². The molecule has 6 heteroatoms. The van der Waals surface area contributed by atoms with Crippen molar-refractivity contribution in [3.8, 4) is 5.75 Å². The van der Waals surface area contributed by atoms with Crippen LogP contribution in [0.1, 0.15) is 0 Å². The monoisotopic (exact) mass is 286 g/mol. The molecule has 0 fully saturated rings. The van der Waals surface area contributed by atoms with Gasteiger partial charge in [-0.15, -0.1) is 0 Å². The summed E-state index contributed by atoms with van der Waals surface area (Å²) >= 11 is 0. The SMILES string of the molecule is O=C(O)COc1cccc(NC(=O)Nc2ccccc2)c1. The van der Waals surface area contributed by atoms with Crippen LogP contribution in [-0.2, 0) is 4.79 Å². The molecule has 0 heterocycles. The second-order valence-corrected chi connectivity index (χ2v) is 4.16. The van der Waals surface area contributed by atoms with E-state index in [1.807, 2.05) is 18.2 Å². The Labute approximate surface area is 121 Å². The third-order valence-corrected chi connectivity index (χ3v) is 2.49. The average Bonchev–Trinajstić information content (AvgIpc) is 2.46. The second-order valence-electron chi connectivity index (χ2n) is 4.16. The minimum atomic E-state index is -1.06. The van der Waals surface area contributed by atoms with Gasteiger partial charge >= 0.3 is 12.0 Å². The van der Waals surface area contributed by atoms with E-state index < -0.39 is 18.6 Å². The molecule has 0 atom stereocenters. The van der Waals surface area contributed by atoms with Gasteiger partial charge in [0.2, 0.25) is 0 Å². The first-order valence-corrected chi connectivity index (χ1v) is 6.21. The lowest BCUT2D eigenvalue weighted by Gasteiger charge is -2.09. The van der Waals surface area contributed by atoms with E-state index in [2.05, 4.69) is 10.6 Å². The summed E-state index contributed by atoms with van der Waals surface area (Å²) in [5.74, 6) is -0.690. The van der Waals surface area contributed by atoms with Crippen molar-refractivity contribution in [3.63, 3.8) is 0 Å². The van der Waals surface area contributed by atoms with Gasteiger partial charge in [0.1, 0.15) is 5.75 Å². The number of anilines is 2. The summed E-state index contributed by atoms with van der Waals surface area (Å²) in [4.78, 5) is 22.2. The lowest BCUT2D eigenvalue weighted by molar-refractivity contribution is -0.139. The van der Waals surface area contributed by atoms with Crippen molar-refractivity contribution in [2.45, 2.75) is 0 Å². The highest BCUT2D eigenvalue weighted by atomic mass is 16.5. The van der Waals surface area contributed by atoms with Crippen molar-refractivity contribution >= 4 is 23.4 Å². The zero-order chi connectivity index (χ0) is 15.1. The van der Waals surface area contributed by atoms with Crippen LogP contribution in [0.3, 0.4) is 0 Å². The predicted molar refractivity (Wildman–Crippen MR) is 78.7 cm³/mol. The summed E-state index contributed by atoms with van der Waals surface area (Å²) < 4.78 is 5.04. The fraction of sp³-hybridized carbons (Fsp3) is 0.0667. The molecule has 0 unspecified atom stereocenters. The number of aliphatic carboxylic acids is 1. The zero-order valence-electron chi connectivity index (χ0n) is 11.1. The molecule has 6 nitrogen and oxygen atoms in total. The van der Waals surface area contributed by atoms with E-state index in [-0.39, 0.29) is 0 Å². The minimum absolute atomic E-state index is 0.370. The predicted octanol–water partition coefficient (Wildman–Crippen LogP) is 2.79. The van der Waals surface area contributed by atoms with Crippen molar-refractivity contribution in [1.29, 1.82) is 0 Å². The Morgan fingerprint density at radius 2 is 1.62 bits per heavy atom. The van der Waals surface area contributed by atoms with Gasteiger partial charge in [-0.05, 0) is 24.3 Å². The molecular formula is C15H14N2O4. The lowest BCUT2D eigenvalue weighted by Crippen LogP contribution is -2.19. The van der Waals surface area contributed by atoms with Crippen LogP contribution < -0.4 is 15.4 Å². The number of urea groups is 1. The molecule has 2 aromatic carbocycles. The molecule has 0 aliphatic rings. The number of ether oxygens (including phenoxy) is 1. The van der Waals surface area contributed by atoms with E-state index in [4.69, 9.17) is 9.84 Å². The molecule has 0 aliphatic carbocycles. The molecule has 0 radical (unpaired) electrons. The number of carboxylic acids is 1. The number of carbonyl (C=O) groups excluding carboxylic acids is 1. The van der Waals surface area contributed by atoms with E-state index in [0.29, 0.717) is 17.1 Å². The van der Waals surface area contributed by atoms with Crippen LogP contribution in [0.15, 0.2) is 54.6 Å². The maximum absolute atomic E-state index is 11.8. The molecular weight excluding hydrogens is 272 g/mol. The van der Waals surface area contributed by atoms with Crippen LogP contribution in [0, 0.1) is 0 Å². The van der Waals surface area contributed by atoms with Crippen molar-refractivity contribution in [1.82, 2.24) is 0 Å². The van der Waals surface area contributed by atoms with Crippen LogP contribution >= 0.6 is 0 Å². The van der Waals surface area contributed by atoms with Gasteiger partial charge in [0.15, 0.2) is 6.61 Å². The van der Waals surface area contributed by atoms with Crippen molar-refractivity contribution in [2.24, 2.45) is 0 Å². The first kappa shape index (κ1) is 14.4. The largest absolute Gasteiger partial charge is 0.482 e. The Morgan fingerprint density at radius 1 is 0.952 bits per heavy atom. The topological polar surface area (TPSA) is 87.7 Å². The Morgan fingerprint density at radius 3 is 2.33 bits per heavy atom. The number of hydrogen-bond acceptors (Lipinski definition) is 3. The summed E-state index contributed by atoms with van der Waals surface area (Å²) in [6.45, 7) is -0.431. The molecule has 21 heavy (non-hydrogen) atoms. The van der Waals surface area contributed by atoms with Gasteiger partial charge in [0, 0.05) is 17.4 Å². The van der Waals surface area contributed by atoms with Crippen molar-refractivity contribution in [3.05, 3.63) is 54.6 Å². The number of carbonyl (C=O) groups is 2. The quantitative estimate of drug-likeness (QED) is 0.788. The lowest BCUT2D eigenvalue weighted by atomic mass is 10.3. The molecule has 0 saturated heterocycles.